The number of non-ortho nitro benzene ring substituents is 1. The molecule has 1 aromatic heterocycles. The van der Waals surface area contributed by atoms with Gasteiger partial charge >= 0.3 is 0 Å². The molecule has 2 aromatic carbocycles. The quantitative estimate of drug-likeness (QED) is 0.238. The number of halogens is 1. The molecule has 0 bridgehead atoms. The monoisotopic (exact) mass is 507 g/mol. The molecule has 0 N–H and O–H groups in total. The zero-order valence-electron chi connectivity index (χ0n) is 19.8. The lowest BCUT2D eigenvalue weighted by Gasteiger charge is -2.37. The average Bonchev–Trinajstić information content (AvgIpc) is 3.36. The van der Waals surface area contributed by atoms with Gasteiger partial charge in [-0.2, -0.15) is 0 Å². The second-order valence-electron chi connectivity index (χ2n) is 8.53. The zero-order valence-corrected chi connectivity index (χ0v) is 20.6. The Morgan fingerprint density at radius 1 is 1.17 bits per heavy atom. The van der Waals surface area contributed by atoms with Gasteiger partial charge in [0.25, 0.3) is 5.69 Å². The molecule has 0 spiro atoms. The molecule has 1 aliphatic rings. The number of carbonyl (C=O) groups excluding carboxylic acids is 2. The van der Waals surface area contributed by atoms with Gasteiger partial charge in [0.15, 0.2) is 0 Å². The van der Waals surface area contributed by atoms with E-state index in [1.54, 1.807) is 46.6 Å². The van der Waals surface area contributed by atoms with Crippen molar-refractivity contribution in [3.63, 3.8) is 0 Å². The van der Waals surface area contributed by atoms with Gasteiger partial charge in [-0.05, 0) is 71.3 Å². The number of nitro groups is 1. The van der Waals surface area contributed by atoms with Crippen molar-refractivity contribution < 1.29 is 18.9 Å². The van der Waals surface area contributed by atoms with E-state index in [-0.39, 0.29) is 35.9 Å². The van der Waals surface area contributed by atoms with Crippen LogP contribution in [0, 0.1) is 15.9 Å². The average molecular weight is 508 g/mol. The molecule has 0 fully saturated rings. The summed E-state index contributed by atoms with van der Waals surface area (Å²) >= 11 is 1.65. The molecular formula is C27H26FN3O4S. The van der Waals surface area contributed by atoms with Crippen molar-refractivity contribution in [1.29, 1.82) is 0 Å². The number of hydrogen-bond acceptors (Lipinski definition) is 5. The van der Waals surface area contributed by atoms with E-state index in [1.807, 2.05) is 18.4 Å². The second kappa shape index (κ2) is 11.3. The number of carbonyl (C=O) groups is 2. The summed E-state index contributed by atoms with van der Waals surface area (Å²) in [6.07, 6.45) is 4.38. The fraction of sp³-hybridized carbons (Fsp3) is 0.259. The normalized spacial score (nSPS) is 15.1. The first kappa shape index (κ1) is 25.2. The van der Waals surface area contributed by atoms with Crippen LogP contribution in [0.5, 0.6) is 0 Å². The van der Waals surface area contributed by atoms with E-state index < -0.39 is 4.92 Å². The molecular weight excluding hydrogens is 481 g/mol. The molecule has 186 valence electrons. The molecule has 2 heterocycles. The highest BCUT2D eigenvalue weighted by atomic mass is 32.1. The van der Waals surface area contributed by atoms with E-state index in [1.165, 1.54) is 40.1 Å². The predicted molar refractivity (Wildman–Crippen MR) is 137 cm³/mol. The maximum atomic E-state index is 13.6. The van der Waals surface area contributed by atoms with Crippen molar-refractivity contribution in [2.75, 3.05) is 19.6 Å². The van der Waals surface area contributed by atoms with Crippen LogP contribution in [0.25, 0.3) is 6.08 Å². The highest BCUT2D eigenvalue weighted by molar-refractivity contribution is 7.10. The molecule has 2 amide bonds. The van der Waals surface area contributed by atoms with Gasteiger partial charge in [0.2, 0.25) is 11.8 Å². The summed E-state index contributed by atoms with van der Waals surface area (Å²) in [5.74, 6) is -0.820. The summed E-state index contributed by atoms with van der Waals surface area (Å²) in [4.78, 5) is 41.3. The molecule has 4 rings (SSSR count). The number of thiophene rings is 1. The van der Waals surface area contributed by atoms with Crippen molar-refractivity contribution in [3.05, 3.63) is 104 Å². The van der Waals surface area contributed by atoms with Crippen LogP contribution in [0.15, 0.2) is 66.1 Å². The summed E-state index contributed by atoms with van der Waals surface area (Å²) in [7, 11) is 0. The maximum absolute atomic E-state index is 13.6. The topological polar surface area (TPSA) is 83.8 Å². The Hall–Kier alpha value is -3.85. The molecule has 1 aliphatic heterocycles. The minimum Gasteiger partial charge on any atom is -0.330 e. The maximum Gasteiger partial charge on any atom is 0.269 e. The van der Waals surface area contributed by atoms with E-state index in [2.05, 4.69) is 0 Å². The summed E-state index contributed by atoms with van der Waals surface area (Å²) < 4.78 is 13.6. The van der Waals surface area contributed by atoms with Crippen molar-refractivity contribution in [3.8, 4) is 0 Å². The smallest absolute Gasteiger partial charge is 0.269 e. The lowest BCUT2D eigenvalue weighted by molar-refractivity contribution is -0.384. The van der Waals surface area contributed by atoms with E-state index in [4.69, 9.17) is 0 Å². The van der Waals surface area contributed by atoms with Crippen LogP contribution in [0.4, 0.5) is 10.1 Å². The Kier molecular flexibility index (Phi) is 7.90. The van der Waals surface area contributed by atoms with Gasteiger partial charge < -0.3 is 9.80 Å². The molecule has 7 nitrogen and oxygen atoms in total. The van der Waals surface area contributed by atoms with E-state index in [9.17, 15) is 24.1 Å². The lowest BCUT2D eigenvalue weighted by Crippen LogP contribution is -2.46. The highest BCUT2D eigenvalue weighted by Crippen LogP contribution is 2.38. The summed E-state index contributed by atoms with van der Waals surface area (Å²) in [5.41, 5.74) is 2.49. The van der Waals surface area contributed by atoms with E-state index >= 15 is 0 Å². The zero-order chi connectivity index (χ0) is 25.7. The van der Waals surface area contributed by atoms with Crippen LogP contribution in [0.2, 0.25) is 0 Å². The molecule has 0 aliphatic carbocycles. The summed E-state index contributed by atoms with van der Waals surface area (Å²) in [6, 6.07) is 13.8. The van der Waals surface area contributed by atoms with E-state index in [0.717, 1.165) is 17.5 Å². The molecule has 3 aromatic rings. The van der Waals surface area contributed by atoms with Crippen molar-refractivity contribution in [1.82, 2.24) is 9.80 Å². The Bertz CT molecular complexity index is 1270. The van der Waals surface area contributed by atoms with Crippen LogP contribution < -0.4 is 0 Å². The predicted octanol–water partition coefficient (Wildman–Crippen LogP) is 5.22. The molecule has 0 radical (unpaired) electrons. The van der Waals surface area contributed by atoms with Crippen molar-refractivity contribution >= 4 is 34.9 Å². The minimum absolute atomic E-state index is 0.0253. The number of benzene rings is 2. The first-order valence-corrected chi connectivity index (χ1v) is 12.6. The fourth-order valence-electron chi connectivity index (χ4n) is 4.36. The number of rotatable bonds is 8. The van der Waals surface area contributed by atoms with Gasteiger partial charge in [0.05, 0.1) is 11.0 Å². The van der Waals surface area contributed by atoms with Crippen LogP contribution >= 0.6 is 11.3 Å². The van der Waals surface area contributed by atoms with E-state index in [0.29, 0.717) is 25.1 Å². The number of fused-ring (bicyclic) bond motifs is 1. The Morgan fingerprint density at radius 3 is 2.56 bits per heavy atom. The molecule has 1 unspecified atom stereocenters. The van der Waals surface area contributed by atoms with Crippen molar-refractivity contribution in [2.45, 2.75) is 25.8 Å². The second-order valence-corrected chi connectivity index (χ2v) is 9.53. The van der Waals surface area contributed by atoms with Gasteiger partial charge in [-0.25, -0.2) is 4.39 Å². The molecule has 9 heteroatoms. The third kappa shape index (κ3) is 5.68. The van der Waals surface area contributed by atoms with Crippen LogP contribution in [-0.2, 0) is 16.0 Å². The standard InChI is InChI=1S/C27H26FN3O4S/c1-2-15-29(25(32)12-5-19-3-10-22(11-4-19)31(34)35)18-26(33)30-16-13-24-23(14-17-36-24)27(30)20-6-8-21(28)9-7-20/h3-12,14,17,27H,2,13,15-16,18H2,1H3. The molecule has 36 heavy (non-hydrogen) atoms. The number of nitro benzene ring substituents is 1. The highest BCUT2D eigenvalue weighted by Gasteiger charge is 2.33. The largest absolute Gasteiger partial charge is 0.330 e. The number of amides is 2. The third-order valence-corrected chi connectivity index (χ3v) is 7.12. The Morgan fingerprint density at radius 2 is 1.89 bits per heavy atom. The van der Waals surface area contributed by atoms with Crippen LogP contribution in [0.3, 0.4) is 0 Å². The first-order valence-electron chi connectivity index (χ1n) is 11.7. The molecule has 0 saturated carbocycles. The molecule has 1 atom stereocenters. The lowest BCUT2D eigenvalue weighted by atomic mass is 9.93. The molecule has 0 saturated heterocycles. The number of hydrogen-bond donors (Lipinski definition) is 0. The minimum atomic E-state index is -0.480. The Balaban J connectivity index is 1.51. The van der Waals surface area contributed by atoms with Gasteiger partial charge in [0.1, 0.15) is 12.4 Å². The number of nitrogens with zero attached hydrogens (tertiary/aromatic N) is 3. The SMILES string of the molecule is CCCN(CC(=O)N1CCc2sccc2C1c1ccc(F)cc1)C(=O)C=Cc1ccc([N+](=O)[O-])cc1. The van der Waals surface area contributed by atoms with Gasteiger partial charge in [0, 0.05) is 36.2 Å². The van der Waals surface area contributed by atoms with Crippen molar-refractivity contribution in [2.24, 2.45) is 0 Å². The Labute approximate surface area is 212 Å². The fourth-order valence-corrected chi connectivity index (χ4v) is 5.26. The summed E-state index contributed by atoms with van der Waals surface area (Å²) in [6.45, 7) is 2.79. The van der Waals surface area contributed by atoms with Crippen LogP contribution in [0.1, 0.15) is 41.0 Å². The van der Waals surface area contributed by atoms with Gasteiger partial charge in [-0.3, -0.25) is 19.7 Å². The summed E-state index contributed by atoms with van der Waals surface area (Å²) in [5, 5.41) is 12.8. The van der Waals surface area contributed by atoms with Gasteiger partial charge in [-0.1, -0.05) is 19.1 Å². The first-order chi connectivity index (χ1) is 17.4. The van der Waals surface area contributed by atoms with Crippen LogP contribution in [-0.4, -0.2) is 46.2 Å². The third-order valence-electron chi connectivity index (χ3n) is 6.13. The van der Waals surface area contributed by atoms with Gasteiger partial charge in [-0.15, -0.1) is 11.3 Å².